The summed E-state index contributed by atoms with van der Waals surface area (Å²) in [6.45, 7) is 2.06. The predicted molar refractivity (Wildman–Crippen MR) is 105 cm³/mol. The van der Waals surface area contributed by atoms with Crippen LogP contribution in [-0.4, -0.2) is 34.1 Å². The lowest BCUT2D eigenvalue weighted by Crippen LogP contribution is -2.21. The van der Waals surface area contributed by atoms with Crippen LogP contribution in [0.15, 0.2) is 30.5 Å². The number of rotatable bonds is 6. The highest BCUT2D eigenvalue weighted by molar-refractivity contribution is 6.35. The van der Waals surface area contributed by atoms with Gasteiger partial charge in [0.25, 0.3) is 0 Å². The van der Waals surface area contributed by atoms with Crippen molar-refractivity contribution >= 4 is 34.3 Å². The van der Waals surface area contributed by atoms with Gasteiger partial charge in [0.2, 0.25) is 0 Å². The lowest BCUT2D eigenvalue weighted by molar-refractivity contribution is 0.0593. The largest absolute Gasteiger partial charge is 0.464 e. The van der Waals surface area contributed by atoms with Gasteiger partial charge < -0.3 is 15.0 Å². The molecule has 7 heteroatoms. The second-order valence-electron chi connectivity index (χ2n) is 6.97. The Morgan fingerprint density at radius 3 is 2.89 bits per heavy atom. The number of esters is 1. The van der Waals surface area contributed by atoms with Crippen molar-refractivity contribution in [2.75, 3.05) is 12.4 Å². The number of aromatic nitrogens is 3. The summed E-state index contributed by atoms with van der Waals surface area (Å²) in [5, 5.41) is 4.76. The van der Waals surface area contributed by atoms with Crippen molar-refractivity contribution in [3.8, 4) is 0 Å². The maximum absolute atomic E-state index is 12.0. The van der Waals surface area contributed by atoms with Crippen molar-refractivity contribution in [3.63, 3.8) is 0 Å². The molecule has 0 amide bonds. The average Bonchev–Trinajstić information content (AvgIpc) is 3.45. The minimum Gasteiger partial charge on any atom is -0.464 e. The molecule has 0 bridgehead atoms. The monoisotopic (exact) mass is 384 g/mol. The number of H-pyrrole nitrogens is 1. The molecule has 27 heavy (non-hydrogen) atoms. The van der Waals surface area contributed by atoms with Gasteiger partial charge in [0, 0.05) is 29.1 Å². The number of para-hydroxylation sites is 1. The molecule has 1 aromatic carbocycles. The number of anilines is 1. The second kappa shape index (κ2) is 7.19. The number of nitrogens with one attached hydrogen (secondary N) is 2. The minimum atomic E-state index is -0.545. The lowest BCUT2D eigenvalue weighted by atomic mass is 10.1. The Morgan fingerprint density at radius 2 is 2.15 bits per heavy atom. The van der Waals surface area contributed by atoms with E-state index in [-0.39, 0.29) is 16.8 Å². The van der Waals surface area contributed by atoms with Gasteiger partial charge >= 0.3 is 5.97 Å². The number of aromatic amines is 1. The van der Waals surface area contributed by atoms with Gasteiger partial charge in [0.1, 0.15) is 16.7 Å². The summed E-state index contributed by atoms with van der Waals surface area (Å²) in [5.74, 6) is 0.898. The molecule has 1 atom stereocenters. The number of nitrogens with zero attached hydrogens (tertiary/aromatic N) is 2. The predicted octanol–water partition coefficient (Wildman–Crippen LogP) is 4.32. The first-order chi connectivity index (χ1) is 13.1. The van der Waals surface area contributed by atoms with Crippen LogP contribution in [0, 0.1) is 0 Å². The normalized spacial score (nSPS) is 14.9. The van der Waals surface area contributed by atoms with Crippen LogP contribution in [0.2, 0.25) is 5.02 Å². The number of carbonyl (C=O) groups is 1. The highest BCUT2D eigenvalue weighted by Crippen LogP contribution is 2.40. The van der Waals surface area contributed by atoms with Crippen molar-refractivity contribution in [2.24, 2.45) is 0 Å². The number of fused-ring (bicyclic) bond motifs is 1. The molecule has 6 nitrogen and oxygen atoms in total. The number of hydrogen-bond acceptors (Lipinski definition) is 5. The van der Waals surface area contributed by atoms with Crippen molar-refractivity contribution in [3.05, 3.63) is 52.6 Å². The van der Waals surface area contributed by atoms with Crippen LogP contribution in [0.1, 0.15) is 47.6 Å². The van der Waals surface area contributed by atoms with Crippen LogP contribution < -0.4 is 5.32 Å². The Labute approximate surface area is 162 Å². The number of methoxy groups -OCH3 is 1. The fourth-order valence-electron chi connectivity index (χ4n) is 3.23. The second-order valence-corrected chi connectivity index (χ2v) is 7.35. The molecule has 1 aliphatic rings. The van der Waals surface area contributed by atoms with E-state index in [0.717, 1.165) is 24.8 Å². The van der Waals surface area contributed by atoms with E-state index in [0.29, 0.717) is 17.6 Å². The number of hydrogen-bond donors (Lipinski definition) is 2. The number of halogens is 1. The van der Waals surface area contributed by atoms with Gasteiger partial charge in [-0.05, 0) is 37.8 Å². The zero-order valence-corrected chi connectivity index (χ0v) is 16.0. The number of benzene rings is 1. The number of ether oxygens (including phenoxy) is 1. The Bertz CT molecular complexity index is 997. The van der Waals surface area contributed by atoms with Crippen molar-refractivity contribution in [1.82, 2.24) is 15.0 Å². The van der Waals surface area contributed by atoms with Crippen LogP contribution in [0.5, 0.6) is 0 Å². The Morgan fingerprint density at radius 1 is 1.37 bits per heavy atom. The zero-order chi connectivity index (χ0) is 19.0. The molecule has 0 radical (unpaired) electrons. The molecular formula is C20H21ClN4O2. The standard InChI is InChI=1S/C20H21ClN4O2/c1-11(9-13-10-22-15-6-4-3-5-14(13)15)23-19-16(21)17(20(26)27-2)24-18(25-19)12-7-8-12/h3-6,10-12,22H,7-9H2,1-2H3,(H,23,24,25). The van der Waals surface area contributed by atoms with Crippen molar-refractivity contribution in [2.45, 2.75) is 38.1 Å². The summed E-state index contributed by atoms with van der Waals surface area (Å²) in [5.41, 5.74) is 2.45. The van der Waals surface area contributed by atoms with E-state index in [9.17, 15) is 4.79 Å². The first-order valence-electron chi connectivity index (χ1n) is 9.04. The minimum absolute atomic E-state index is 0.0640. The van der Waals surface area contributed by atoms with Crippen LogP contribution in [0.25, 0.3) is 10.9 Å². The SMILES string of the molecule is COC(=O)c1nc(C2CC2)nc(NC(C)Cc2c[nH]c3ccccc23)c1Cl. The van der Waals surface area contributed by atoms with Crippen LogP contribution in [-0.2, 0) is 11.2 Å². The topological polar surface area (TPSA) is 79.9 Å². The van der Waals surface area contributed by atoms with E-state index in [1.165, 1.54) is 18.1 Å². The fourth-order valence-corrected chi connectivity index (χ4v) is 3.45. The van der Waals surface area contributed by atoms with E-state index >= 15 is 0 Å². The summed E-state index contributed by atoms with van der Waals surface area (Å²) < 4.78 is 4.82. The molecule has 2 aromatic heterocycles. The highest BCUT2D eigenvalue weighted by Gasteiger charge is 2.30. The maximum atomic E-state index is 12.0. The summed E-state index contributed by atoms with van der Waals surface area (Å²) in [4.78, 5) is 24.2. The first-order valence-corrected chi connectivity index (χ1v) is 9.42. The van der Waals surface area contributed by atoms with Crippen LogP contribution in [0.4, 0.5) is 5.82 Å². The third-order valence-electron chi connectivity index (χ3n) is 4.77. The van der Waals surface area contributed by atoms with Gasteiger partial charge in [-0.15, -0.1) is 0 Å². The molecule has 0 saturated heterocycles. The van der Waals surface area contributed by atoms with E-state index < -0.39 is 5.97 Å². The Hall–Kier alpha value is -2.60. The molecule has 0 aliphatic heterocycles. The molecule has 4 rings (SSSR count). The summed E-state index contributed by atoms with van der Waals surface area (Å²) in [6.07, 6.45) is 4.88. The third-order valence-corrected chi connectivity index (χ3v) is 5.13. The molecule has 1 unspecified atom stereocenters. The Kier molecular flexibility index (Phi) is 4.74. The molecule has 2 N–H and O–H groups in total. The molecule has 140 valence electrons. The average molecular weight is 385 g/mol. The van der Waals surface area contributed by atoms with Gasteiger partial charge in [-0.1, -0.05) is 29.8 Å². The molecule has 3 aromatic rings. The van der Waals surface area contributed by atoms with Crippen molar-refractivity contribution in [1.29, 1.82) is 0 Å². The van der Waals surface area contributed by atoms with Gasteiger partial charge in [0.05, 0.1) is 7.11 Å². The summed E-state index contributed by atoms with van der Waals surface area (Å²) in [6, 6.07) is 8.27. The molecule has 0 spiro atoms. The Balaban J connectivity index is 1.59. The molecule has 1 fully saturated rings. The van der Waals surface area contributed by atoms with E-state index in [2.05, 4.69) is 39.3 Å². The van der Waals surface area contributed by atoms with Gasteiger partial charge in [-0.3, -0.25) is 0 Å². The third kappa shape index (κ3) is 3.62. The van der Waals surface area contributed by atoms with Gasteiger partial charge in [-0.25, -0.2) is 14.8 Å². The van der Waals surface area contributed by atoms with Crippen molar-refractivity contribution < 1.29 is 9.53 Å². The highest BCUT2D eigenvalue weighted by atomic mass is 35.5. The van der Waals surface area contributed by atoms with Gasteiger partial charge in [0.15, 0.2) is 5.69 Å². The molecular weight excluding hydrogens is 364 g/mol. The van der Waals surface area contributed by atoms with E-state index in [1.807, 2.05) is 18.3 Å². The quantitative estimate of drug-likeness (QED) is 0.619. The smallest absolute Gasteiger partial charge is 0.358 e. The molecule has 2 heterocycles. The zero-order valence-electron chi connectivity index (χ0n) is 15.3. The van der Waals surface area contributed by atoms with E-state index in [4.69, 9.17) is 16.3 Å². The van der Waals surface area contributed by atoms with Gasteiger partial charge in [-0.2, -0.15) is 0 Å². The number of carbonyl (C=O) groups excluding carboxylic acids is 1. The molecule has 1 aliphatic carbocycles. The van der Waals surface area contributed by atoms with Crippen LogP contribution >= 0.6 is 11.6 Å². The lowest BCUT2D eigenvalue weighted by Gasteiger charge is -2.17. The van der Waals surface area contributed by atoms with E-state index in [1.54, 1.807) is 0 Å². The fraction of sp³-hybridized carbons (Fsp3) is 0.350. The molecule has 1 saturated carbocycles. The maximum Gasteiger partial charge on any atom is 0.358 e. The summed E-state index contributed by atoms with van der Waals surface area (Å²) >= 11 is 6.41. The first kappa shape index (κ1) is 17.8. The summed E-state index contributed by atoms with van der Waals surface area (Å²) in [7, 11) is 1.32. The van der Waals surface area contributed by atoms with Crippen LogP contribution in [0.3, 0.4) is 0 Å².